The molecule has 1 N–H and O–H groups in total. The molecule has 0 aliphatic carbocycles. The Morgan fingerprint density at radius 1 is 0.964 bits per heavy atom. The molecule has 0 atom stereocenters. The molecule has 3 heterocycles. The Labute approximate surface area is 168 Å². The lowest BCUT2D eigenvalue weighted by Crippen LogP contribution is -2.41. The van der Waals surface area contributed by atoms with Gasteiger partial charge in [-0.3, -0.25) is 0 Å². The van der Waals surface area contributed by atoms with Crippen molar-refractivity contribution >= 4 is 34.9 Å². The van der Waals surface area contributed by atoms with E-state index in [4.69, 9.17) is 30.8 Å². The van der Waals surface area contributed by atoms with E-state index in [0.717, 1.165) is 37.8 Å². The second-order valence-corrected chi connectivity index (χ2v) is 6.89. The molecule has 0 spiro atoms. The third-order valence-corrected chi connectivity index (χ3v) is 4.92. The van der Waals surface area contributed by atoms with Gasteiger partial charge in [0.15, 0.2) is 11.6 Å². The first-order chi connectivity index (χ1) is 13.7. The summed E-state index contributed by atoms with van der Waals surface area (Å²) in [6.07, 6.45) is 0. The summed E-state index contributed by atoms with van der Waals surface area (Å²) in [7, 11) is 1.61. The van der Waals surface area contributed by atoms with Gasteiger partial charge in [-0.15, -0.1) is 10.2 Å². The monoisotopic (exact) mass is 406 g/mol. The van der Waals surface area contributed by atoms with Crippen LogP contribution in [0.4, 0.5) is 23.3 Å². The molecule has 0 amide bonds. The fourth-order valence-electron chi connectivity index (χ4n) is 3.23. The van der Waals surface area contributed by atoms with Crippen molar-refractivity contribution in [2.75, 3.05) is 74.8 Å². The number of morpholine rings is 2. The van der Waals surface area contributed by atoms with Crippen molar-refractivity contribution in [3.8, 4) is 5.75 Å². The van der Waals surface area contributed by atoms with Gasteiger partial charge < -0.3 is 29.3 Å². The molecule has 1 aromatic heterocycles. The normalized spacial score (nSPS) is 17.5. The first kappa shape index (κ1) is 19.0. The number of anilines is 4. The minimum Gasteiger partial charge on any atom is -0.495 e. The molecule has 28 heavy (non-hydrogen) atoms. The Kier molecular flexibility index (Phi) is 5.94. The average molecular weight is 407 g/mol. The van der Waals surface area contributed by atoms with Crippen LogP contribution in [0.5, 0.6) is 5.75 Å². The van der Waals surface area contributed by atoms with Gasteiger partial charge in [0, 0.05) is 31.2 Å². The number of methoxy groups -OCH3 is 1. The van der Waals surface area contributed by atoms with E-state index >= 15 is 0 Å². The lowest BCUT2D eigenvalue weighted by Gasteiger charge is -2.33. The Morgan fingerprint density at radius 2 is 1.61 bits per heavy atom. The fraction of sp³-hybridized carbons (Fsp3) is 0.500. The van der Waals surface area contributed by atoms with E-state index in [1.54, 1.807) is 25.3 Å². The highest BCUT2D eigenvalue weighted by atomic mass is 35.5. The second-order valence-electron chi connectivity index (χ2n) is 6.45. The Balaban J connectivity index is 1.66. The molecule has 2 aliphatic rings. The zero-order chi connectivity index (χ0) is 19.3. The lowest BCUT2D eigenvalue weighted by atomic mass is 10.3. The summed E-state index contributed by atoms with van der Waals surface area (Å²) in [4.78, 5) is 9.13. The minimum absolute atomic E-state index is 0.388. The van der Waals surface area contributed by atoms with Crippen molar-refractivity contribution in [2.24, 2.45) is 0 Å². The van der Waals surface area contributed by atoms with Crippen LogP contribution in [0.2, 0.25) is 5.02 Å². The summed E-state index contributed by atoms with van der Waals surface area (Å²) in [5.74, 6) is 2.61. The maximum atomic E-state index is 6.13. The largest absolute Gasteiger partial charge is 0.495 e. The number of hydrogen-bond acceptors (Lipinski definition) is 9. The van der Waals surface area contributed by atoms with Crippen molar-refractivity contribution in [3.05, 3.63) is 23.2 Å². The van der Waals surface area contributed by atoms with Gasteiger partial charge in [0.2, 0.25) is 5.95 Å². The molecule has 150 valence electrons. The zero-order valence-electron chi connectivity index (χ0n) is 15.7. The quantitative estimate of drug-likeness (QED) is 0.800. The number of benzene rings is 1. The van der Waals surface area contributed by atoms with Crippen LogP contribution >= 0.6 is 11.6 Å². The minimum atomic E-state index is 0.388. The Hall–Kier alpha value is -2.36. The summed E-state index contributed by atoms with van der Waals surface area (Å²) < 4.78 is 16.3. The van der Waals surface area contributed by atoms with Crippen LogP contribution in [0.1, 0.15) is 0 Å². The van der Waals surface area contributed by atoms with Gasteiger partial charge in [-0.05, 0) is 18.2 Å². The Bertz CT molecular complexity index is 812. The molecule has 2 aliphatic heterocycles. The van der Waals surface area contributed by atoms with Gasteiger partial charge in [0.05, 0.1) is 39.2 Å². The molecule has 0 radical (unpaired) electrons. The number of ether oxygens (including phenoxy) is 3. The van der Waals surface area contributed by atoms with E-state index in [2.05, 4.69) is 25.3 Å². The van der Waals surface area contributed by atoms with Crippen LogP contribution in [0, 0.1) is 0 Å². The molecule has 0 unspecified atom stereocenters. The predicted molar refractivity (Wildman–Crippen MR) is 107 cm³/mol. The van der Waals surface area contributed by atoms with Gasteiger partial charge in [0.1, 0.15) is 5.75 Å². The van der Waals surface area contributed by atoms with E-state index in [0.29, 0.717) is 48.8 Å². The smallest absolute Gasteiger partial charge is 0.249 e. The van der Waals surface area contributed by atoms with Gasteiger partial charge in [-0.2, -0.15) is 4.98 Å². The number of hydrogen-bond donors (Lipinski definition) is 1. The van der Waals surface area contributed by atoms with Crippen molar-refractivity contribution < 1.29 is 14.2 Å². The van der Waals surface area contributed by atoms with E-state index < -0.39 is 0 Å². The summed E-state index contributed by atoms with van der Waals surface area (Å²) in [6, 6.07) is 5.34. The van der Waals surface area contributed by atoms with Crippen LogP contribution in [0.25, 0.3) is 0 Å². The van der Waals surface area contributed by atoms with Crippen molar-refractivity contribution in [2.45, 2.75) is 0 Å². The van der Waals surface area contributed by atoms with Crippen molar-refractivity contribution in [3.63, 3.8) is 0 Å². The third kappa shape index (κ3) is 4.21. The van der Waals surface area contributed by atoms with Crippen LogP contribution in [0.15, 0.2) is 18.2 Å². The predicted octanol–water partition coefficient (Wildman–Crippen LogP) is 1.95. The van der Waals surface area contributed by atoms with Gasteiger partial charge in [0.25, 0.3) is 0 Å². The number of nitrogens with one attached hydrogen (secondary N) is 1. The highest BCUT2D eigenvalue weighted by Crippen LogP contribution is 2.31. The Morgan fingerprint density at radius 3 is 2.25 bits per heavy atom. The van der Waals surface area contributed by atoms with E-state index in [9.17, 15) is 0 Å². The molecule has 0 bridgehead atoms. The molecular formula is C18H23ClN6O3. The van der Waals surface area contributed by atoms with E-state index in [1.807, 2.05) is 0 Å². The lowest BCUT2D eigenvalue weighted by molar-refractivity contribution is 0.120. The van der Waals surface area contributed by atoms with E-state index in [1.165, 1.54) is 0 Å². The van der Waals surface area contributed by atoms with Gasteiger partial charge >= 0.3 is 0 Å². The van der Waals surface area contributed by atoms with E-state index in [-0.39, 0.29) is 0 Å². The highest BCUT2D eigenvalue weighted by molar-refractivity contribution is 6.31. The van der Waals surface area contributed by atoms with Crippen molar-refractivity contribution in [1.82, 2.24) is 15.2 Å². The summed E-state index contributed by atoms with van der Waals surface area (Å²) in [6.45, 7) is 5.72. The SMILES string of the molecule is COc1ccc(Cl)cc1Nc1nnc(N2CCOCC2)c(N2CCOCC2)n1. The topological polar surface area (TPSA) is 84.9 Å². The maximum absolute atomic E-state index is 6.13. The number of nitrogens with zero attached hydrogens (tertiary/aromatic N) is 5. The molecule has 10 heteroatoms. The fourth-order valence-corrected chi connectivity index (χ4v) is 3.40. The average Bonchev–Trinajstić information content (AvgIpc) is 2.75. The standard InChI is InChI=1S/C18H23ClN6O3/c1-26-15-3-2-13(19)12-14(15)20-18-21-16(24-4-8-27-9-5-24)17(22-23-18)25-6-10-28-11-7-25/h2-3,12H,4-11H2,1H3,(H,20,21,23). The molecule has 2 fully saturated rings. The van der Waals surface area contributed by atoms with Crippen LogP contribution in [0.3, 0.4) is 0 Å². The van der Waals surface area contributed by atoms with Crippen LogP contribution in [-0.2, 0) is 9.47 Å². The molecule has 2 saturated heterocycles. The number of aromatic nitrogens is 3. The zero-order valence-corrected chi connectivity index (χ0v) is 16.5. The first-order valence-electron chi connectivity index (χ1n) is 9.25. The number of rotatable bonds is 5. The van der Waals surface area contributed by atoms with Crippen LogP contribution < -0.4 is 19.9 Å². The summed E-state index contributed by atoms with van der Waals surface area (Å²) in [5.41, 5.74) is 0.684. The first-order valence-corrected chi connectivity index (χ1v) is 9.63. The highest BCUT2D eigenvalue weighted by Gasteiger charge is 2.24. The van der Waals surface area contributed by atoms with Gasteiger partial charge in [-0.25, -0.2) is 0 Å². The summed E-state index contributed by atoms with van der Waals surface area (Å²) >= 11 is 6.13. The second kappa shape index (κ2) is 8.76. The number of halogens is 1. The molecule has 9 nitrogen and oxygen atoms in total. The molecule has 0 saturated carbocycles. The molecule has 4 rings (SSSR count). The summed E-state index contributed by atoms with van der Waals surface area (Å²) in [5, 5.41) is 12.6. The van der Waals surface area contributed by atoms with Crippen LogP contribution in [-0.4, -0.2) is 74.9 Å². The third-order valence-electron chi connectivity index (χ3n) is 4.68. The maximum Gasteiger partial charge on any atom is 0.249 e. The molecule has 2 aromatic rings. The molecular weight excluding hydrogens is 384 g/mol. The van der Waals surface area contributed by atoms with Gasteiger partial charge in [-0.1, -0.05) is 11.6 Å². The molecule has 1 aromatic carbocycles. The van der Waals surface area contributed by atoms with Crippen molar-refractivity contribution in [1.29, 1.82) is 0 Å².